The lowest BCUT2D eigenvalue weighted by Gasteiger charge is -2.60. The van der Waals surface area contributed by atoms with Crippen LogP contribution in [0.5, 0.6) is 11.5 Å². The minimum absolute atomic E-state index is 0.00248. The van der Waals surface area contributed by atoms with Gasteiger partial charge in [0.1, 0.15) is 11.5 Å². The summed E-state index contributed by atoms with van der Waals surface area (Å²) >= 11 is 0. The van der Waals surface area contributed by atoms with Crippen molar-refractivity contribution in [2.24, 2.45) is 23.7 Å². The molecule has 6 rings (SSSR count). The molecule has 4 saturated heterocycles. The molecule has 9 heteroatoms. The Hall–Kier alpha value is -2.20. The molecule has 186 valence electrons. The molecular formula is C25H32O9. The quantitative estimate of drug-likeness (QED) is 0.369. The number of carbonyl (C=O) groups is 2. The summed E-state index contributed by atoms with van der Waals surface area (Å²) in [5.74, 6) is -0.851. The summed E-state index contributed by atoms with van der Waals surface area (Å²) in [6, 6.07) is 6.70. The number of hydrogen-bond acceptors (Lipinski definition) is 8. The maximum Gasteiger partial charge on any atom is 0.311 e. The van der Waals surface area contributed by atoms with Crippen LogP contribution < -0.4 is 9.47 Å². The molecule has 1 aromatic rings. The summed E-state index contributed by atoms with van der Waals surface area (Å²) in [5, 5.41) is 8.74. The molecule has 2 bridgehead atoms. The Bertz CT molecular complexity index is 950. The maximum absolute atomic E-state index is 11.9. The lowest BCUT2D eigenvalue weighted by molar-refractivity contribution is -0.575. The molecule has 8 atom stereocenters. The van der Waals surface area contributed by atoms with E-state index in [9.17, 15) is 9.59 Å². The van der Waals surface area contributed by atoms with Crippen LogP contribution in [0.3, 0.4) is 0 Å². The molecular weight excluding hydrogens is 444 g/mol. The van der Waals surface area contributed by atoms with Crippen molar-refractivity contribution < 1.29 is 43.4 Å². The molecule has 0 radical (unpaired) electrons. The van der Waals surface area contributed by atoms with Gasteiger partial charge in [-0.2, -0.15) is 0 Å². The van der Waals surface area contributed by atoms with Gasteiger partial charge < -0.3 is 24.1 Å². The van der Waals surface area contributed by atoms with Crippen LogP contribution in [0.1, 0.15) is 59.3 Å². The van der Waals surface area contributed by atoms with Gasteiger partial charge >= 0.3 is 11.9 Å². The maximum atomic E-state index is 11.9. The highest BCUT2D eigenvalue weighted by Crippen LogP contribution is 2.60. The van der Waals surface area contributed by atoms with Gasteiger partial charge in [-0.15, -0.1) is 0 Å². The van der Waals surface area contributed by atoms with Gasteiger partial charge in [0.2, 0.25) is 12.1 Å². The molecule has 5 fully saturated rings. The average molecular weight is 477 g/mol. The molecule has 1 unspecified atom stereocenters. The van der Waals surface area contributed by atoms with Gasteiger partial charge in [0.05, 0.1) is 12.8 Å². The number of carboxylic acid groups (broad SMARTS) is 1. The van der Waals surface area contributed by atoms with E-state index in [0.717, 1.165) is 25.7 Å². The third-order valence-corrected chi connectivity index (χ3v) is 7.93. The number of carbonyl (C=O) groups excluding carboxylic acids is 1. The van der Waals surface area contributed by atoms with Gasteiger partial charge in [0, 0.05) is 24.3 Å². The number of esters is 1. The summed E-state index contributed by atoms with van der Waals surface area (Å²) in [6.07, 6.45) is 2.09. The Labute approximate surface area is 198 Å². The Kier molecular flexibility index (Phi) is 6.08. The normalized spacial score (nSPS) is 40.7. The van der Waals surface area contributed by atoms with E-state index in [1.54, 1.807) is 24.3 Å². The van der Waals surface area contributed by atoms with E-state index in [-0.39, 0.29) is 36.3 Å². The van der Waals surface area contributed by atoms with Crippen LogP contribution in [0.2, 0.25) is 0 Å². The van der Waals surface area contributed by atoms with Crippen molar-refractivity contribution in [3.05, 3.63) is 24.3 Å². The Balaban J connectivity index is 1.34. The second kappa shape index (κ2) is 8.78. The van der Waals surface area contributed by atoms with E-state index in [1.807, 2.05) is 6.92 Å². The van der Waals surface area contributed by atoms with E-state index in [2.05, 4.69) is 13.8 Å². The molecule has 1 saturated carbocycles. The van der Waals surface area contributed by atoms with Crippen molar-refractivity contribution in [1.29, 1.82) is 0 Å². The van der Waals surface area contributed by atoms with Crippen molar-refractivity contribution in [3.63, 3.8) is 0 Å². The number of aliphatic carboxylic acids is 1. The monoisotopic (exact) mass is 476 g/mol. The summed E-state index contributed by atoms with van der Waals surface area (Å²) in [6.45, 7) is 6.26. The van der Waals surface area contributed by atoms with Gasteiger partial charge in [-0.1, -0.05) is 19.9 Å². The highest BCUT2D eigenvalue weighted by molar-refractivity contribution is 5.78. The highest BCUT2D eigenvalue weighted by atomic mass is 17.3. The summed E-state index contributed by atoms with van der Waals surface area (Å²) in [7, 11) is 0. The minimum Gasteiger partial charge on any atom is -0.481 e. The fourth-order valence-electron chi connectivity index (χ4n) is 6.14. The van der Waals surface area contributed by atoms with E-state index in [4.69, 9.17) is 33.8 Å². The lowest BCUT2D eigenvalue weighted by atomic mass is 9.58. The van der Waals surface area contributed by atoms with Gasteiger partial charge in [-0.05, 0) is 50.2 Å². The minimum atomic E-state index is -1.05. The molecule has 0 amide bonds. The van der Waals surface area contributed by atoms with E-state index in [1.165, 1.54) is 0 Å². The Morgan fingerprint density at radius 1 is 1.09 bits per heavy atom. The van der Waals surface area contributed by atoms with Crippen LogP contribution in [-0.4, -0.2) is 41.0 Å². The molecule has 5 aliphatic rings. The molecule has 4 aliphatic heterocycles. The van der Waals surface area contributed by atoms with Crippen molar-refractivity contribution in [2.45, 2.75) is 83.3 Å². The zero-order valence-electron chi connectivity index (χ0n) is 19.7. The zero-order valence-corrected chi connectivity index (χ0v) is 19.7. The largest absolute Gasteiger partial charge is 0.481 e. The third-order valence-electron chi connectivity index (χ3n) is 7.93. The predicted molar refractivity (Wildman–Crippen MR) is 116 cm³/mol. The smallest absolute Gasteiger partial charge is 0.311 e. The number of rotatable bonds is 6. The van der Waals surface area contributed by atoms with Crippen molar-refractivity contribution in [2.75, 3.05) is 0 Å². The van der Waals surface area contributed by atoms with Crippen LogP contribution in [0.15, 0.2) is 24.3 Å². The Morgan fingerprint density at radius 2 is 1.88 bits per heavy atom. The summed E-state index contributed by atoms with van der Waals surface area (Å²) < 4.78 is 24.3. The topological polar surface area (TPSA) is 110 Å². The summed E-state index contributed by atoms with van der Waals surface area (Å²) in [5.41, 5.74) is -0.658. The average Bonchev–Trinajstić information content (AvgIpc) is 3.02. The van der Waals surface area contributed by atoms with Crippen molar-refractivity contribution >= 4 is 11.9 Å². The third kappa shape index (κ3) is 4.08. The fourth-order valence-corrected chi connectivity index (χ4v) is 6.14. The number of ether oxygens (including phenoxy) is 4. The highest BCUT2D eigenvalue weighted by Gasteiger charge is 2.69. The van der Waals surface area contributed by atoms with E-state index < -0.39 is 35.9 Å². The molecule has 4 heterocycles. The molecule has 9 nitrogen and oxygen atoms in total. The van der Waals surface area contributed by atoms with Crippen molar-refractivity contribution in [3.8, 4) is 11.5 Å². The zero-order chi connectivity index (χ0) is 24.1. The van der Waals surface area contributed by atoms with Gasteiger partial charge in [0.25, 0.3) is 0 Å². The SMILES string of the molecule is C[C@H]1[C@@H](Oc2cccc(OC(=O)CCC(=O)O)c2)O[C@@H]2O[C@]3(C)CCC4[C@H](C)CC[C@@H]1[C@]42OO3. The fraction of sp³-hybridized carbons (Fsp3) is 0.680. The molecule has 1 spiro atoms. The van der Waals surface area contributed by atoms with Crippen LogP contribution in [0.25, 0.3) is 0 Å². The van der Waals surface area contributed by atoms with Gasteiger partial charge in [-0.3, -0.25) is 9.59 Å². The Morgan fingerprint density at radius 3 is 2.68 bits per heavy atom. The molecule has 1 aliphatic carbocycles. The van der Waals surface area contributed by atoms with Crippen LogP contribution in [0, 0.1) is 23.7 Å². The molecule has 1 N–H and O–H groups in total. The number of hydrogen-bond donors (Lipinski definition) is 1. The van der Waals surface area contributed by atoms with E-state index in [0.29, 0.717) is 11.7 Å². The number of fused-ring (bicyclic) bond motifs is 2. The molecule has 1 aromatic carbocycles. The second-order valence-corrected chi connectivity index (χ2v) is 10.2. The van der Waals surface area contributed by atoms with Crippen molar-refractivity contribution in [1.82, 2.24) is 0 Å². The lowest BCUT2D eigenvalue weighted by Crippen LogP contribution is -2.70. The van der Waals surface area contributed by atoms with Gasteiger partial charge in [0.15, 0.2) is 11.9 Å². The summed E-state index contributed by atoms with van der Waals surface area (Å²) in [4.78, 5) is 34.6. The van der Waals surface area contributed by atoms with Crippen LogP contribution in [0.4, 0.5) is 0 Å². The number of benzene rings is 1. The van der Waals surface area contributed by atoms with Crippen LogP contribution >= 0.6 is 0 Å². The second-order valence-electron chi connectivity index (χ2n) is 10.2. The van der Waals surface area contributed by atoms with Crippen LogP contribution in [-0.2, 0) is 28.8 Å². The van der Waals surface area contributed by atoms with Gasteiger partial charge in [-0.25, -0.2) is 9.78 Å². The first-order valence-corrected chi connectivity index (χ1v) is 12.1. The standard InChI is InChI=1S/C25H32O9/c1-14-7-8-19-15(2)22(31-23-25(19)18(14)11-12-24(3,32-23)33-34-25)30-17-6-4-5-16(13-17)29-21(28)10-9-20(26)27/h4-6,13-15,18-19,22-23H,7-12H2,1-3H3,(H,26,27)/t14-,15-,18?,19+,22+,23-,24+,25-/m1/s1. The number of carboxylic acids is 1. The molecule has 0 aromatic heterocycles. The first-order valence-electron chi connectivity index (χ1n) is 12.1. The molecule has 34 heavy (non-hydrogen) atoms. The van der Waals surface area contributed by atoms with E-state index >= 15 is 0 Å². The first kappa shape index (κ1) is 23.5. The predicted octanol–water partition coefficient (Wildman–Crippen LogP) is 4.04. The first-order chi connectivity index (χ1) is 16.2.